The van der Waals surface area contributed by atoms with Gasteiger partial charge in [0.25, 0.3) is 0 Å². The Morgan fingerprint density at radius 1 is 1.59 bits per heavy atom. The SMILES string of the molecule is CC1CCN(c2nc(C(=O)CCl)cs2)CC1C. The van der Waals surface area contributed by atoms with Crippen molar-refractivity contribution in [3.63, 3.8) is 0 Å². The normalized spacial score (nSPS) is 25.0. The average Bonchev–Trinajstić information content (AvgIpc) is 2.81. The molecule has 2 rings (SSSR count). The van der Waals surface area contributed by atoms with E-state index in [1.165, 1.54) is 17.8 Å². The van der Waals surface area contributed by atoms with E-state index >= 15 is 0 Å². The first-order valence-corrected chi connectivity index (χ1v) is 7.33. The van der Waals surface area contributed by atoms with E-state index in [9.17, 15) is 4.79 Å². The van der Waals surface area contributed by atoms with Gasteiger partial charge in [-0.3, -0.25) is 4.79 Å². The lowest BCUT2D eigenvalue weighted by atomic mass is 9.89. The topological polar surface area (TPSA) is 33.2 Å². The van der Waals surface area contributed by atoms with Gasteiger partial charge in [-0.25, -0.2) is 4.98 Å². The number of piperidine rings is 1. The molecule has 1 aliphatic heterocycles. The van der Waals surface area contributed by atoms with Gasteiger partial charge < -0.3 is 4.90 Å². The number of halogens is 1. The molecule has 0 aliphatic carbocycles. The van der Waals surface area contributed by atoms with Gasteiger partial charge in [0.15, 0.2) is 10.9 Å². The number of Topliss-reactive ketones (excluding diaryl/α,β-unsaturated/α-hetero) is 1. The zero-order valence-corrected chi connectivity index (χ0v) is 11.7. The number of anilines is 1. The molecule has 1 saturated heterocycles. The smallest absolute Gasteiger partial charge is 0.196 e. The summed E-state index contributed by atoms with van der Waals surface area (Å²) in [5.74, 6) is 1.37. The third kappa shape index (κ3) is 2.80. The van der Waals surface area contributed by atoms with Crippen LogP contribution in [0.4, 0.5) is 5.13 Å². The molecule has 2 unspecified atom stereocenters. The standard InChI is InChI=1S/C12H17ClN2OS/c1-8-3-4-15(6-9(8)2)12-14-10(7-17-12)11(16)5-13/h7-9H,3-6H2,1-2H3. The second-order valence-electron chi connectivity index (χ2n) is 4.76. The molecule has 0 aromatic carbocycles. The van der Waals surface area contributed by atoms with Gasteiger partial charge in [-0.05, 0) is 18.3 Å². The maximum absolute atomic E-state index is 11.4. The van der Waals surface area contributed by atoms with Gasteiger partial charge in [-0.1, -0.05) is 13.8 Å². The van der Waals surface area contributed by atoms with E-state index in [4.69, 9.17) is 11.6 Å². The van der Waals surface area contributed by atoms with Crippen molar-refractivity contribution in [2.45, 2.75) is 20.3 Å². The second kappa shape index (κ2) is 5.36. The molecule has 17 heavy (non-hydrogen) atoms. The quantitative estimate of drug-likeness (QED) is 0.626. The Bertz CT molecular complexity index is 407. The number of alkyl halides is 1. The summed E-state index contributed by atoms with van der Waals surface area (Å²) in [6, 6.07) is 0. The lowest BCUT2D eigenvalue weighted by Crippen LogP contribution is -2.38. The van der Waals surface area contributed by atoms with Gasteiger partial charge in [-0.15, -0.1) is 22.9 Å². The van der Waals surface area contributed by atoms with Crippen LogP contribution in [0.2, 0.25) is 0 Å². The number of ketones is 1. The zero-order valence-electron chi connectivity index (χ0n) is 10.1. The number of aromatic nitrogens is 1. The van der Waals surface area contributed by atoms with Gasteiger partial charge in [0.2, 0.25) is 0 Å². The van der Waals surface area contributed by atoms with Crippen LogP contribution >= 0.6 is 22.9 Å². The van der Waals surface area contributed by atoms with Gasteiger partial charge >= 0.3 is 0 Å². The third-order valence-corrected chi connectivity index (χ3v) is 4.65. The van der Waals surface area contributed by atoms with E-state index < -0.39 is 0 Å². The Hall–Kier alpha value is -0.610. The summed E-state index contributed by atoms with van der Waals surface area (Å²) < 4.78 is 0. The molecule has 5 heteroatoms. The lowest BCUT2D eigenvalue weighted by molar-refractivity contribution is 0.101. The molecule has 2 heterocycles. The van der Waals surface area contributed by atoms with Crippen LogP contribution < -0.4 is 4.90 Å². The van der Waals surface area contributed by atoms with E-state index in [1.807, 2.05) is 5.38 Å². The molecule has 3 nitrogen and oxygen atoms in total. The largest absolute Gasteiger partial charge is 0.348 e. The number of nitrogens with zero attached hydrogens (tertiary/aromatic N) is 2. The minimum atomic E-state index is -0.0902. The molecule has 0 spiro atoms. The van der Waals surface area contributed by atoms with Crippen molar-refractivity contribution in [3.8, 4) is 0 Å². The highest BCUT2D eigenvalue weighted by Gasteiger charge is 2.24. The molecular formula is C12H17ClN2OS. The summed E-state index contributed by atoms with van der Waals surface area (Å²) >= 11 is 7.06. The number of thiazole rings is 1. The maximum atomic E-state index is 11.4. The first-order valence-electron chi connectivity index (χ1n) is 5.91. The van der Waals surface area contributed by atoms with Crippen LogP contribution in [0.3, 0.4) is 0 Å². The average molecular weight is 273 g/mol. The van der Waals surface area contributed by atoms with Crippen molar-refractivity contribution in [3.05, 3.63) is 11.1 Å². The first-order chi connectivity index (χ1) is 8.11. The number of hydrogen-bond acceptors (Lipinski definition) is 4. The van der Waals surface area contributed by atoms with Crippen LogP contribution in [0.5, 0.6) is 0 Å². The summed E-state index contributed by atoms with van der Waals surface area (Å²) in [4.78, 5) is 18.1. The highest BCUT2D eigenvalue weighted by Crippen LogP contribution is 2.29. The summed E-state index contributed by atoms with van der Waals surface area (Å²) in [6.07, 6.45) is 1.19. The van der Waals surface area contributed by atoms with Crippen molar-refractivity contribution < 1.29 is 4.79 Å². The minimum Gasteiger partial charge on any atom is -0.348 e. The summed E-state index contributed by atoms with van der Waals surface area (Å²) in [7, 11) is 0. The van der Waals surface area contributed by atoms with Crippen molar-refractivity contribution >= 4 is 33.9 Å². The fraction of sp³-hybridized carbons (Fsp3) is 0.667. The van der Waals surface area contributed by atoms with Crippen molar-refractivity contribution in [2.24, 2.45) is 11.8 Å². The van der Waals surface area contributed by atoms with E-state index in [-0.39, 0.29) is 11.7 Å². The monoisotopic (exact) mass is 272 g/mol. The molecule has 1 aromatic rings. The van der Waals surface area contributed by atoms with Crippen LogP contribution in [0.15, 0.2) is 5.38 Å². The molecule has 0 amide bonds. The number of hydrogen-bond donors (Lipinski definition) is 0. The van der Waals surface area contributed by atoms with E-state index in [2.05, 4.69) is 23.7 Å². The Morgan fingerprint density at radius 2 is 2.35 bits per heavy atom. The Morgan fingerprint density at radius 3 is 3.00 bits per heavy atom. The summed E-state index contributed by atoms with van der Waals surface area (Å²) in [5.41, 5.74) is 0.506. The van der Waals surface area contributed by atoms with E-state index in [0.717, 1.165) is 24.1 Å². The van der Waals surface area contributed by atoms with Crippen molar-refractivity contribution in [1.29, 1.82) is 0 Å². The van der Waals surface area contributed by atoms with E-state index in [1.54, 1.807) is 0 Å². The van der Waals surface area contributed by atoms with Gasteiger partial charge in [0.1, 0.15) is 5.69 Å². The number of carbonyl (C=O) groups is 1. The molecule has 94 valence electrons. The Kier molecular flexibility index (Phi) is 4.05. The molecule has 1 aromatic heterocycles. The minimum absolute atomic E-state index is 0.0105. The predicted octanol–water partition coefficient (Wildman–Crippen LogP) is 3.05. The molecule has 2 atom stereocenters. The number of carbonyl (C=O) groups excluding carboxylic acids is 1. The third-order valence-electron chi connectivity index (χ3n) is 3.50. The van der Waals surface area contributed by atoms with Crippen molar-refractivity contribution in [2.75, 3.05) is 23.9 Å². The molecule has 1 fully saturated rings. The van der Waals surface area contributed by atoms with Gasteiger partial charge in [-0.2, -0.15) is 0 Å². The molecule has 1 aliphatic rings. The zero-order chi connectivity index (χ0) is 12.4. The second-order valence-corrected chi connectivity index (χ2v) is 5.87. The molecule has 0 bridgehead atoms. The fourth-order valence-corrected chi connectivity index (χ4v) is 3.05. The Balaban J connectivity index is 2.08. The highest BCUT2D eigenvalue weighted by atomic mass is 35.5. The van der Waals surface area contributed by atoms with Gasteiger partial charge in [0.05, 0.1) is 5.88 Å². The Labute approximate surface area is 111 Å². The fourth-order valence-electron chi connectivity index (χ4n) is 2.04. The number of rotatable bonds is 3. The molecular weight excluding hydrogens is 256 g/mol. The lowest BCUT2D eigenvalue weighted by Gasteiger charge is -2.35. The molecule has 0 radical (unpaired) electrons. The first kappa shape index (κ1) is 12.8. The van der Waals surface area contributed by atoms with Crippen LogP contribution in [0.1, 0.15) is 30.8 Å². The van der Waals surface area contributed by atoms with Crippen molar-refractivity contribution in [1.82, 2.24) is 4.98 Å². The molecule has 0 saturated carbocycles. The van der Waals surface area contributed by atoms with E-state index in [0.29, 0.717) is 11.6 Å². The molecule has 0 N–H and O–H groups in total. The summed E-state index contributed by atoms with van der Waals surface area (Å²) in [6.45, 7) is 6.64. The highest BCUT2D eigenvalue weighted by molar-refractivity contribution is 7.14. The maximum Gasteiger partial charge on any atom is 0.196 e. The van der Waals surface area contributed by atoms with Gasteiger partial charge in [0, 0.05) is 18.5 Å². The summed E-state index contributed by atoms with van der Waals surface area (Å²) in [5, 5.41) is 2.76. The van der Waals surface area contributed by atoms with Crippen LogP contribution in [-0.2, 0) is 0 Å². The van der Waals surface area contributed by atoms with Crippen LogP contribution in [-0.4, -0.2) is 29.7 Å². The van der Waals surface area contributed by atoms with Crippen LogP contribution in [0.25, 0.3) is 0 Å². The predicted molar refractivity (Wildman–Crippen MR) is 72.3 cm³/mol. The van der Waals surface area contributed by atoms with Crippen LogP contribution in [0, 0.1) is 11.8 Å².